The van der Waals surface area contributed by atoms with Crippen LogP contribution in [-0.2, 0) is 0 Å². The topological polar surface area (TPSA) is 49.9 Å². The number of halogens is 2. The first kappa shape index (κ1) is 19.2. The van der Waals surface area contributed by atoms with Gasteiger partial charge in [0.15, 0.2) is 0 Å². The Bertz CT molecular complexity index is 859. The molecule has 2 amide bonds. The maximum atomic E-state index is 13.4. The van der Waals surface area contributed by atoms with Crippen LogP contribution in [0.4, 0.5) is 4.39 Å². The molecule has 0 unspecified atom stereocenters. The fraction of sp³-hybridized carbons (Fsp3) is 0.300. The molecular formula is C20H20ClFN2O3. The minimum absolute atomic E-state index is 0.186. The third kappa shape index (κ3) is 4.39. The molecule has 1 aliphatic rings. The van der Waals surface area contributed by atoms with Gasteiger partial charge in [-0.05, 0) is 42.8 Å². The Balaban J connectivity index is 1.72. The number of benzene rings is 2. The van der Waals surface area contributed by atoms with Gasteiger partial charge in [-0.3, -0.25) is 9.59 Å². The summed E-state index contributed by atoms with van der Waals surface area (Å²) in [4.78, 5) is 28.9. The lowest BCUT2D eigenvalue weighted by Crippen LogP contribution is -2.37. The van der Waals surface area contributed by atoms with E-state index in [0.29, 0.717) is 54.5 Å². The van der Waals surface area contributed by atoms with Gasteiger partial charge in [0, 0.05) is 36.8 Å². The van der Waals surface area contributed by atoms with Gasteiger partial charge >= 0.3 is 0 Å². The van der Waals surface area contributed by atoms with Gasteiger partial charge in [0.1, 0.15) is 11.6 Å². The fourth-order valence-electron chi connectivity index (χ4n) is 3.15. The molecule has 0 bridgehead atoms. The van der Waals surface area contributed by atoms with Gasteiger partial charge < -0.3 is 14.5 Å². The van der Waals surface area contributed by atoms with Crippen LogP contribution < -0.4 is 4.74 Å². The summed E-state index contributed by atoms with van der Waals surface area (Å²) in [6, 6.07) is 10.6. The van der Waals surface area contributed by atoms with Crippen LogP contribution in [0.5, 0.6) is 5.75 Å². The van der Waals surface area contributed by atoms with E-state index in [1.807, 2.05) is 0 Å². The van der Waals surface area contributed by atoms with Crippen LogP contribution in [0.25, 0.3) is 0 Å². The molecule has 1 fully saturated rings. The quantitative estimate of drug-likeness (QED) is 0.806. The van der Waals surface area contributed by atoms with Crippen LogP contribution >= 0.6 is 11.6 Å². The summed E-state index contributed by atoms with van der Waals surface area (Å²) in [5, 5.41) is 0.455. The van der Waals surface area contributed by atoms with Crippen LogP contribution in [0.2, 0.25) is 5.02 Å². The third-order valence-electron chi connectivity index (χ3n) is 4.53. The summed E-state index contributed by atoms with van der Waals surface area (Å²) >= 11 is 6.02. The molecule has 1 saturated heterocycles. The van der Waals surface area contributed by atoms with E-state index in [1.165, 1.54) is 25.3 Å². The minimum Gasteiger partial charge on any atom is -0.496 e. The van der Waals surface area contributed by atoms with Crippen molar-refractivity contribution in [2.75, 3.05) is 33.3 Å². The van der Waals surface area contributed by atoms with Gasteiger partial charge in [-0.25, -0.2) is 4.39 Å². The van der Waals surface area contributed by atoms with E-state index in [9.17, 15) is 14.0 Å². The average molecular weight is 391 g/mol. The number of methoxy groups -OCH3 is 1. The first-order valence-corrected chi connectivity index (χ1v) is 9.05. The van der Waals surface area contributed by atoms with Gasteiger partial charge in [0.05, 0.1) is 12.7 Å². The van der Waals surface area contributed by atoms with E-state index in [-0.39, 0.29) is 11.8 Å². The molecule has 0 aromatic heterocycles. The number of amides is 2. The molecule has 5 nitrogen and oxygen atoms in total. The molecule has 0 N–H and O–H groups in total. The Morgan fingerprint density at radius 2 is 1.70 bits per heavy atom. The lowest BCUT2D eigenvalue weighted by atomic mass is 10.1. The van der Waals surface area contributed by atoms with E-state index < -0.39 is 5.82 Å². The Kier molecular flexibility index (Phi) is 5.96. The molecule has 0 saturated carbocycles. The highest BCUT2D eigenvalue weighted by Crippen LogP contribution is 2.24. The molecular weight excluding hydrogens is 371 g/mol. The van der Waals surface area contributed by atoms with E-state index in [0.717, 1.165) is 0 Å². The number of nitrogens with zero attached hydrogens (tertiary/aromatic N) is 2. The molecule has 0 aliphatic carbocycles. The predicted molar refractivity (Wildman–Crippen MR) is 101 cm³/mol. The third-order valence-corrected chi connectivity index (χ3v) is 4.77. The molecule has 1 heterocycles. The molecule has 2 aromatic carbocycles. The number of hydrogen-bond acceptors (Lipinski definition) is 3. The molecule has 3 rings (SSSR count). The summed E-state index contributed by atoms with van der Waals surface area (Å²) < 4.78 is 18.7. The minimum atomic E-state index is -0.444. The first-order valence-electron chi connectivity index (χ1n) is 8.67. The molecule has 142 valence electrons. The van der Waals surface area contributed by atoms with E-state index in [1.54, 1.807) is 34.1 Å². The molecule has 0 spiro atoms. The van der Waals surface area contributed by atoms with E-state index in [2.05, 4.69) is 0 Å². The number of carbonyl (C=O) groups is 2. The predicted octanol–water partition coefficient (Wildman–Crippen LogP) is 3.48. The number of ether oxygens (including phenoxy) is 1. The van der Waals surface area contributed by atoms with Gasteiger partial charge in [-0.1, -0.05) is 17.7 Å². The lowest BCUT2D eigenvalue weighted by molar-refractivity contribution is 0.0716. The van der Waals surface area contributed by atoms with Gasteiger partial charge in [0.25, 0.3) is 11.8 Å². The first-order chi connectivity index (χ1) is 13.0. The summed E-state index contributed by atoms with van der Waals surface area (Å²) in [6.07, 6.45) is 0.635. The Hall–Kier alpha value is -2.60. The van der Waals surface area contributed by atoms with Crippen molar-refractivity contribution in [2.24, 2.45) is 0 Å². The Labute approximate surface area is 162 Å². The average Bonchev–Trinajstić information content (AvgIpc) is 2.93. The Morgan fingerprint density at radius 3 is 2.37 bits per heavy atom. The molecule has 2 aromatic rings. The van der Waals surface area contributed by atoms with Crippen LogP contribution in [0, 0.1) is 5.82 Å². The van der Waals surface area contributed by atoms with Gasteiger partial charge in [-0.2, -0.15) is 0 Å². The zero-order chi connectivity index (χ0) is 19.4. The second-order valence-corrected chi connectivity index (χ2v) is 6.73. The monoisotopic (exact) mass is 390 g/mol. The highest BCUT2D eigenvalue weighted by Gasteiger charge is 2.25. The molecule has 0 atom stereocenters. The molecule has 0 radical (unpaired) electrons. The zero-order valence-corrected chi connectivity index (χ0v) is 15.7. The van der Waals surface area contributed by atoms with Crippen molar-refractivity contribution < 1.29 is 18.7 Å². The summed E-state index contributed by atoms with van der Waals surface area (Å²) in [6.45, 7) is 1.78. The molecule has 1 aliphatic heterocycles. The van der Waals surface area contributed by atoms with Crippen molar-refractivity contribution >= 4 is 23.4 Å². The number of hydrogen-bond donors (Lipinski definition) is 0. The van der Waals surface area contributed by atoms with Crippen LogP contribution in [-0.4, -0.2) is 54.9 Å². The highest BCUT2D eigenvalue weighted by molar-refractivity contribution is 6.31. The summed E-state index contributed by atoms with van der Waals surface area (Å²) in [7, 11) is 1.50. The van der Waals surface area contributed by atoms with Gasteiger partial charge in [-0.15, -0.1) is 0 Å². The van der Waals surface area contributed by atoms with Crippen LogP contribution in [0.1, 0.15) is 27.1 Å². The van der Waals surface area contributed by atoms with Crippen molar-refractivity contribution in [3.63, 3.8) is 0 Å². The van der Waals surface area contributed by atoms with Crippen LogP contribution in [0.15, 0.2) is 42.5 Å². The second-order valence-electron chi connectivity index (χ2n) is 6.29. The van der Waals surface area contributed by atoms with Crippen molar-refractivity contribution in [1.82, 2.24) is 9.80 Å². The standard InChI is InChI=1S/C20H20ClFN2O3/c1-27-18-7-6-15(21)13-17(18)20(26)24-9-3-8-23(10-11-24)19(25)14-4-2-5-16(22)12-14/h2,4-7,12-13H,3,8-11H2,1H3. The van der Waals surface area contributed by atoms with E-state index >= 15 is 0 Å². The summed E-state index contributed by atoms with van der Waals surface area (Å²) in [5.41, 5.74) is 0.709. The fourth-order valence-corrected chi connectivity index (χ4v) is 3.32. The Morgan fingerprint density at radius 1 is 1.00 bits per heavy atom. The van der Waals surface area contributed by atoms with Crippen molar-refractivity contribution in [3.05, 3.63) is 64.4 Å². The maximum Gasteiger partial charge on any atom is 0.257 e. The van der Waals surface area contributed by atoms with Crippen molar-refractivity contribution in [2.45, 2.75) is 6.42 Å². The van der Waals surface area contributed by atoms with Crippen LogP contribution in [0.3, 0.4) is 0 Å². The largest absolute Gasteiger partial charge is 0.496 e. The number of carbonyl (C=O) groups excluding carboxylic acids is 2. The van der Waals surface area contributed by atoms with Crippen molar-refractivity contribution in [1.29, 1.82) is 0 Å². The molecule has 7 heteroatoms. The number of rotatable bonds is 3. The normalized spacial score (nSPS) is 14.6. The second kappa shape index (κ2) is 8.39. The lowest BCUT2D eigenvalue weighted by Gasteiger charge is -2.23. The van der Waals surface area contributed by atoms with E-state index in [4.69, 9.17) is 16.3 Å². The SMILES string of the molecule is COc1ccc(Cl)cc1C(=O)N1CCCN(C(=O)c2cccc(F)c2)CC1. The maximum absolute atomic E-state index is 13.4. The smallest absolute Gasteiger partial charge is 0.257 e. The van der Waals surface area contributed by atoms with Crippen molar-refractivity contribution in [3.8, 4) is 5.75 Å². The van der Waals surface area contributed by atoms with Gasteiger partial charge in [0.2, 0.25) is 0 Å². The summed E-state index contributed by atoms with van der Waals surface area (Å²) in [5.74, 6) is -0.402. The highest BCUT2D eigenvalue weighted by atomic mass is 35.5. The molecule has 27 heavy (non-hydrogen) atoms. The zero-order valence-electron chi connectivity index (χ0n) is 15.0.